The highest BCUT2D eigenvalue weighted by Crippen LogP contribution is 2.67. The first-order valence-electron chi connectivity index (χ1n) is 9.97. The molecule has 8 atom stereocenters. The highest BCUT2D eigenvalue weighted by Gasteiger charge is 2.68. The van der Waals surface area contributed by atoms with Crippen LogP contribution in [0.15, 0.2) is 11.6 Å². The monoisotopic (exact) mass is 348 g/mol. The van der Waals surface area contributed by atoms with Gasteiger partial charge < -0.3 is 15.3 Å². The van der Waals surface area contributed by atoms with E-state index in [1.807, 2.05) is 6.08 Å². The molecule has 140 valence electrons. The highest BCUT2D eigenvalue weighted by molar-refractivity contribution is 5.91. The maximum absolute atomic E-state index is 11.9. The molecule has 0 heterocycles. The Hall–Kier alpha value is -0.710. The molecule has 3 saturated carbocycles. The minimum atomic E-state index is -1.41. The molecule has 3 fully saturated rings. The lowest BCUT2D eigenvalue weighted by Crippen LogP contribution is -2.61. The van der Waals surface area contributed by atoms with Gasteiger partial charge in [0.2, 0.25) is 0 Å². The molecule has 0 aromatic carbocycles. The first-order valence-corrected chi connectivity index (χ1v) is 9.97. The Bertz CT molecular complexity index is 625. The van der Waals surface area contributed by atoms with Crippen LogP contribution in [0.3, 0.4) is 0 Å². The predicted molar refractivity (Wildman–Crippen MR) is 94.7 cm³/mol. The predicted octanol–water partition coefficient (Wildman–Crippen LogP) is 2.60. The van der Waals surface area contributed by atoms with Crippen molar-refractivity contribution in [1.29, 1.82) is 0 Å². The molecule has 0 spiro atoms. The summed E-state index contributed by atoms with van der Waals surface area (Å²) in [7, 11) is 0. The quantitative estimate of drug-likeness (QED) is 0.681. The van der Waals surface area contributed by atoms with E-state index < -0.39 is 23.2 Å². The summed E-state index contributed by atoms with van der Waals surface area (Å²) in [6.45, 7) is 6.02. The Morgan fingerprint density at radius 2 is 1.88 bits per heavy atom. The Balaban J connectivity index is 1.71. The van der Waals surface area contributed by atoms with Gasteiger partial charge in [0.1, 0.15) is 5.60 Å². The molecule has 0 amide bonds. The van der Waals surface area contributed by atoms with Gasteiger partial charge in [0.05, 0.1) is 12.2 Å². The molecule has 0 saturated heterocycles. The summed E-state index contributed by atoms with van der Waals surface area (Å²) in [5.41, 5.74) is -0.432. The molecule has 0 aromatic rings. The van der Waals surface area contributed by atoms with Crippen molar-refractivity contribution in [2.24, 2.45) is 28.6 Å². The van der Waals surface area contributed by atoms with Crippen LogP contribution >= 0.6 is 0 Å². The normalized spacial score (nSPS) is 53.5. The van der Waals surface area contributed by atoms with Crippen LogP contribution in [-0.2, 0) is 4.79 Å². The summed E-state index contributed by atoms with van der Waals surface area (Å²) in [6.07, 6.45) is 6.08. The Kier molecular flexibility index (Phi) is 3.82. The lowest BCUT2D eigenvalue weighted by Gasteiger charge is -2.59. The van der Waals surface area contributed by atoms with Crippen LogP contribution in [0.2, 0.25) is 0 Å². The molecule has 2 unspecified atom stereocenters. The van der Waals surface area contributed by atoms with E-state index in [9.17, 15) is 20.1 Å². The van der Waals surface area contributed by atoms with E-state index in [0.717, 1.165) is 32.1 Å². The van der Waals surface area contributed by atoms with Crippen molar-refractivity contribution in [1.82, 2.24) is 0 Å². The van der Waals surface area contributed by atoms with E-state index in [4.69, 9.17) is 0 Å². The second-order valence-corrected chi connectivity index (χ2v) is 9.68. The Labute approximate surface area is 150 Å². The zero-order valence-corrected chi connectivity index (χ0v) is 15.7. The van der Waals surface area contributed by atoms with Gasteiger partial charge in [0, 0.05) is 11.8 Å². The van der Waals surface area contributed by atoms with Crippen molar-refractivity contribution >= 4 is 5.78 Å². The number of carbonyl (C=O) groups excluding carboxylic acids is 1. The average Bonchev–Trinajstić information content (AvgIpc) is 2.77. The topological polar surface area (TPSA) is 77.8 Å². The minimum Gasteiger partial charge on any atom is -0.390 e. The van der Waals surface area contributed by atoms with E-state index in [2.05, 4.69) is 13.8 Å². The number of aliphatic hydroxyl groups excluding tert-OH is 2. The number of fused-ring (bicyclic) bond motifs is 5. The van der Waals surface area contributed by atoms with E-state index in [0.29, 0.717) is 24.7 Å². The van der Waals surface area contributed by atoms with E-state index in [-0.39, 0.29) is 17.1 Å². The zero-order valence-electron chi connectivity index (χ0n) is 15.7. The smallest absolute Gasteiger partial charge is 0.155 e. The lowest BCUT2D eigenvalue weighted by atomic mass is 9.46. The molecular formula is C21H32O4. The highest BCUT2D eigenvalue weighted by atomic mass is 16.4. The maximum Gasteiger partial charge on any atom is 0.155 e. The number of carbonyl (C=O) groups is 1. The summed E-state index contributed by atoms with van der Waals surface area (Å²) < 4.78 is 0. The number of hydrogen-bond acceptors (Lipinski definition) is 4. The number of hydrogen-bond donors (Lipinski definition) is 3. The first kappa shape index (κ1) is 17.7. The van der Waals surface area contributed by atoms with Crippen molar-refractivity contribution < 1.29 is 20.1 Å². The summed E-state index contributed by atoms with van der Waals surface area (Å²) >= 11 is 0. The standard InChI is InChI=1S/C21H32O4/c1-12(22)21(25)18(24)11-17-15-5-4-13-10-14(23)6-8-19(13,2)16(15)7-9-20(17,21)3/h10,12,15-18,22,24-25H,4-9,11H2,1-3H3/t12?,15-,16+,17+,18?,19+,20+,21-/m1/s1. The van der Waals surface area contributed by atoms with E-state index >= 15 is 0 Å². The second kappa shape index (κ2) is 5.40. The van der Waals surface area contributed by atoms with Crippen LogP contribution < -0.4 is 0 Å². The molecule has 3 N–H and O–H groups in total. The van der Waals surface area contributed by atoms with E-state index in [1.54, 1.807) is 6.92 Å². The van der Waals surface area contributed by atoms with Crippen LogP contribution in [-0.4, -0.2) is 38.9 Å². The van der Waals surface area contributed by atoms with Gasteiger partial charge in [-0.05, 0) is 74.7 Å². The summed E-state index contributed by atoms with van der Waals surface area (Å²) in [5.74, 6) is 1.47. The van der Waals surface area contributed by atoms with Crippen LogP contribution in [0.5, 0.6) is 0 Å². The zero-order chi connectivity index (χ0) is 18.2. The van der Waals surface area contributed by atoms with E-state index in [1.165, 1.54) is 5.57 Å². The number of allylic oxidation sites excluding steroid dienone is 1. The Morgan fingerprint density at radius 3 is 2.56 bits per heavy atom. The average molecular weight is 348 g/mol. The van der Waals surface area contributed by atoms with Gasteiger partial charge in [-0.2, -0.15) is 0 Å². The van der Waals surface area contributed by atoms with Crippen molar-refractivity contribution in [3.8, 4) is 0 Å². The van der Waals surface area contributed by atoms with Gasteiger partial charge in [-0.1, -0.05) is 19.4 Å². The third-order valence-electron chi connectivity index (χ3n) is 8.89. The van der Waals surface area contributed by atoms with Gasteiger partial charge in [-0.15, -0.1) is 0 Å². The molecule has 4 nitrogen and oxygen atoms in total. The van der Waals surface area contributed by atoms with Gasteiger partial charge in [0.25, 0.3) is 0 Å². The number of rotatable bonds is 1. The SMILES string of the molecule is CC(O)[C@@]1(O)C(O)C[C@H]2[C@@H]3CCC4=CC(=O)CC[C@]4(C)[C@H]3CC[C@@]21C. The minimum absolute atomic E-state index is 0.0919. The van der Waals surface area contributed by atoms with Crippen LogP contribution in [0, 0.1) is 28.6 Å². The number of aliphatic hydroxyl groups is 3. The molecule has 4 aliphatic carbocycles. The van der Waals surface area contributed by atoms with Crippen molar-refractivity contribution in [2.75, 3.05) is 0 Å². The molecule has 25 heavy (non-hydrogen) atoms. The molecular weight excluding hydrogens is 316 g/mol. The fraction of sp³-hybridized carbons (Fsp3) is 0.857. The van der Waals surface area contributed by atoms with Gasteiger partial charge >= 0.3 is 0 Å². The maximum atomic E-state index is 11.9. The van der Waals surface area contributed by atoms with Crippen molar-refractivity contribution in [2.45, 2.75) is 83.5 Å². The lowest BCUT2D eigenvalue weighted by molar-refractivity contribution is -0.200. The van der Waals surface area contributed by atoms with Crippen LogP contribution in [0.25, 0.3) is 0 Å². The summed E-state index contributed by atoms with van der Waals surface area (Å²) in [5, 5.41) is 32.2. The Morgan fingerprint density at radius 1 is 1.16 bits per heavy atom. The fourth-order valence-corrected chi connectivity index (χ4v) is 7.37. The molecule has 4 rings (SSSR count). The molecule has 4 heteroatoms. The third kappa shape index (κ3) is 2.08. The molecule has 0 aliphatic heterocycles. The molecule has 0 radical (unpaired) electrons. The van der Waals surface area contributed by atoms with Crippen LogP contribution in [0.1, 0.15) is 65.7 Å². The molecule has 0 bridgehead atoms. The molecule has 4 aliphatic rings. The van der Waals surface area contributed by atoms with Gasteiger partial charge in [0.15, 0.2) is 5.78 Å². The van der Waals surface area contributed by atoms with Gasteiger partial charge in [-0.3, -0.25) is 4.79 Å². The number of ketones is 1. The third-order valence-corrected chi connectivity index (χ3v) is 8.89. The molecule has 0 aromatic heterocycles. The van der Waals surface area contributed by atoms with Crippen molar-refractivity contribution in [3.63, 3.8) is 0 Å². The van der Waals surface area contributed by atoms with Crippen LogP contribution in [0.4, 0.5) is 0 Å². The summed E-state index contributed by atoms with van der Waals surface area (Å²) in [4.78, 5) is 11.9. The second-order valence-electron chi connectivity index (χ2n) is 9.68. The van der Waals surface area contributed by atoms with Gasteiger partial charge in [-0.25, -0.2) is 0 Å². The summed E-state index contributed by atoms with van der Waals surface area (Å²) in [6, 6.07) is 0. The fourth-order valence-electron chi connectivity index (χ4n) is 7.37. The largest absolute Gasteiger partial charge is 0.390 e. The van der Waals surface area contributed by atoms with Crippen molar-refractivity contribution in [3.05, 3.63) is 11.6 Å². The first-order chi connectivity index (χ1) is 11.6.